The van der Waals surface area contributed by atoms with Crippen molar-refractivity contribution in [3.63, 3.8) is 0 Å². The molecule has 0 bridgehead atoms. The molecule has 8 aromatic rings. The average Bonchev–Trinajstić information content (AvgIpc) is 3.80. The molecule has 6 heteroatoms. The van der Waals surface area contributed by atoms with Crippen molar-refractivity contribution in [1.82, 2.24) is 19.9 Å². The van der Waals surface area contributed by atoms with Gasteiger partial charge in [-0.25, -0.2) is 9.97 Å². The minimum Gasteiger partial charge on any atom is -0.444 e. The minimum absolute atomic E-state index is 0.554. The van der Waals surface area contributed by atoms with Crippen LogP contribution in [-0.2, 0) is 0 Å². The Balaban J connectivity index is 1.28. The molecule has 0 unspecified atom stereocenters. The molecule has 0 spiro atoms. The van der Waals surface area contributed by atoms with E-state index in [2.05, 4.69) is 105 Å². The summed E-state index contributed by atoms with van der Waals surface area (Å²) in [6.07, 6.45) is 13.8. The molecule has 0 N–H and O–H groups in total. The number of hydrogen-bond donors (Lipinski definition) is 0. The van der Waals surface area contributed by atoms with Gasteiger partial charge in [0.05, 0.1) is 23.5 Å². The molecular weight excluding hydrogens is 520 g/mol. The van der Waals surface area contributed by atoms with Crippen LogP contribution in [0.15, 0.2) is 143 Å². The summed E-state index contributed by atoms with van der Waals surface area (Å²) in [6, 6.07) is 30.0. The van der Waals surface area contributed by atoms with Crippen molar-refractivity contribution in [2.75, 3.05) is 0 Å². The Morgan fingerprint density at radius 3 is 1.19 bits per heavy atom. The third-order valence-electron chi connectivity index (χ3n) is 7.60. The van der Waals surface area contributed by atoms with Crippen LogP contribution < -0.4 is 0 Å². The van der Waals surface area contributed by atoms with Gasteiger partial charge in [0.1, 0.15) is 12.5 Å². The first kappa shape index (κ1) is 24.0. The highest BCUT2D eigenvalue weighted by Crippen LogP contribution is 2.41. The van der Waals surface area contributed by atoms with E-state index in [1.165, 1.54) is 21.9 Å². The lowest BCUT2D eigenvalue weighted by Gasteiger charge is -2.16. The van der Waals surface area contributed by atoms with Gasteiger partial charge in [-0.2, -0.15) is 0 Å². The molecule has 0 aliphatic heterocycles. The zero-order valence-electron chi connectivity index (χ0n) is 22.3. The Kier molecular flexibility index (Phi) is 5.67. The van der Waals surface area contributed by atoms with Gasteiger partial charge in [0.15, 0.2) is 0 Å². The van der Waals surface area contributed by atoms with Crippen LogP contribution in [0.5, 0.6) is 0 Å². The lowest BCUT2D eigenvalue weighted by Crippen LogP contribution is -1.91. The predicted octanol–water partition coefficient (Wildman–Crippen LogP) is 9.09. The molecule has 0 fully saturated rings. The first-order chi connectivity index (χ1) is 20.8. The van der Waals surface area contributed by atoms with Crippen LogP contribution >= 0.6 is 0 Å². The maximum absolute atomic E-state index is 5.52. The van der Waals surface area contributed by atoms with Gasteiger partial charge in [-0.15, -0.1) is 0 Å². The maximum Gasteiger partial charge on any atom is 0.227 e. The fourth-order valence-electron chi connectivity index (χ4n) is 5.71. The number of rotatable bonds is 5. The largest absolute Gasteiger partial charge is 0.444 e. The number of oxazole rings is 2. The van der Waals surface area contributed by atoms with Gasteiger partial charge in [-0.05, 0) is 55.9 Å². The molecule has 0 amide bonds. The normalized spacial score (nSPS) is 11.3. The Morgan fingerprint density at radius 1 is 0.405 bits per heavy atom. The van der Waals surface area contributed by atoms with Crippen molar-refractivity contribution in [2.45, 2.75) is 0 Å². The van der Waals surface area contributed by atoms with Gasteiger partial charge in [0, 0.05) is 35.9 Å². The number of aromatic nitrogens is 4. The quantitative estimate of drug-likeness (QED) is 0.216. The van der Waals surface area contributed by atoms with E-state index in [-0.39, 0.29) is 0 Å². The first-order valence-corrected chi connectivity index (χ1v) is 13.6. The number of benzene rings is 4. The summed E-state index contributed by atoms with van der Waals surface area (Å²) in [5.41, 5.74) is 8.23. The van der Waals surface area contributed by atoms with Gasteiger partial charge < -0.3 is 8.83 Å². The summed E-state index contributed by atoms with van der Waals surface area (Å²) in [5, 5.41) is 4.64. The van der Waals surface area contributed by atoms with Crippen LogP contribution in [0.4, 0.5) is 0 Å². The third-order valence-corrected chi connectivity index (χ3v) is 7.60. The highest BCUT2D eigenvalue weighted by molar-refractivity contribution is 6.12. The average molecular weight is 543 g/mol. The summed E-state index contributed by atoms with van der Waals surface area (Å²) in [6.45, 7) is 0. The standard InChI is InChI=1S/C36H22N4O2/c1-3-7-31-29(5-1)27(23-17-25(21-37-19-23)35-39-13-15-41-35)9-11-33(31)34-12-10-28(30-6-2-4-8-32(30)34)24-18-26(22-38-20-24)36-40-14-16-42-36/h1-22H. The zero-order valence-corrected chi connectivity index (χ0v) is 22.3. The van der Waals surface area contributed by atoms with Crippen LogP contribution in [0.3, 0.4) is 0 Å². The monoisotopic (exact) mass is 542 g/mol. The second-order valence-electron chi connectivity index (χ2n) is 10.0. The maximum atomic E-state index is 5.52. The first-order valence-electron chi connectivity index (χ1n) is 13.6. The molecule has 6 nitrogen and oxygen atoms in total. The highest BCUT2D eigenvalue weighted by Gasteiger charge is 2.15. The number of nitrogens with zero attached hydrogens (tertiary/aromatic N) is 4. The van der Waals surface area contributed by atoms with Crippen molar-refractivity contribution in [3.8, 4) is 56.3 Å². The fourth-order valence-corrected chi connectivity index (χ4v) is 5.71. The third kappa shape index (κ3) is 4.05. The van der Waals surface area contributed by atoms with E-state index >= 15 is 0 Å². The van der Waals surface area contributed by atoms with Crippen molar-refractivity contribution < 1.29 is 8.83 Å². The topological polar surface area (TPSA) is 77.8 Å². The van der Waals surface area contributed by atoms with E-state index in [0.29, 0.717) is 11.8 Å². The van der Waals surface area contributed by atoms with Gasteiger partial charge >= 0.3 is 0 Å². The summed E-state index contributed by atoms with van der Waals surface area (Å²) in [4.78, 5) is 17.6. The molecular formula is C36H22N4O2. The molecule has 0 saturated carbocycles. The van der Waals surface area contributed by atoms with E-state index in [1.54, 1.807) is 37.3 Å². The molecule has 0 saturated heterocycles. The molecule has 8 rings (SSSR count). The Bertz CT molecular complexity index is 2040. The van der Waals surface area contributed by atoms with Gasteiger partial charge in [0.2, 0.25) is 11.8 Å². The van der Waals surface area contributed by atoms with E-state index in [4.69, 9.17) is 8.83 Å². The van der Waals surface area contributed by atoms with Crippen molar-refractivity contribution in [2.24, 2.45) is 0 Å². The summed E-state index contributed by atoms with van der Waals surface area (Å²) >= 11 is 0. The van der Waals surface area contributed by atoms with E-state index in [1.807, 2.05) is 12.4 Å². The lowest BCUT2D eigenvalue weighted by molar-refractivity contribution is 0.574. The molecule has 0 aliphatic carbocycles. The highest BCUT2D eigenvalue weighted by atomic mass is 16.3. The molecule has 4 aromatic heterocycles. The van der Waals surface area contributed by atoms with E-state index < -0.39 is 0 Å². The van der Waals surface area contributed by atoms with Crippen molar-refractivity contribution in [1.29, 1.82) is 0 Å². The molecule has 4 aromatic carbocycles. The zero-order chi connectivity index (χ0) is 27.9. The Morgan fingerprint density at radius 2 is 0.786 bits per heavy atom. The van der Waals surface area contributed by atoms with E-state index in [9.17, 15) is 0 Å². The minimum atomic E-state index is 0.554. The SMILES string of the molecule is c1ccc2c(-c3ccc(-c4cncc(-c5ncco5)c4)c4ccccc34)ccc(-c3cncc(-c4ncco4)c3)c2c1. The van der Waals surface area contributed by atoms with Crippen LogP contribution in [0.1, 0.15) is 0 Å². The molecule has 42 heavy (non-hydrogen) atoms. The number of fused-ring (bicyclic) bond motifs is 2. The van der Waals surface area contributed by atoms with Crippen molar-refractivity contribution >= 4 is 21.5 Å². The Hall–Kier alpha value is -5.88. The molecule has 0 aliphatic rings. The van der Waals surface area contributed by atoms with Crippen LogP contribution in [0.25, 0.3) is 77.8 Å². The summed E-state index contributed by atoms with van der Waals surface area (Å²) in [5.74, 6) is 1.11. The van der Waals surface area contributed by atoms with Gasteiger partial charge in [0.25, 0.3) is 0 Å². The van der Waals surface area contributed by atoms with E-state index in [0.717, 1.165) is 44.2 Å². The molecule has 0 atom stereocenters. The number of pyridine rings is 2. The van der Waals surface area contributed by atoms with Crippen LogP contribution in [-0.4, -0.2) is 19.9 Å². The van der Waals surface area contributed by atoms with Crippen LogP contribution in [0, 0.1) is 0 Å². The van der Waals surface area contributed by atoms with Crippen molar-refractivity contribution in [3.05, 3.63) is 135 Å². The number of hydrogen-bond acceptors (Lipinski definition) is 6. The van der Waals surface area contributed by atoms with Gasteiger partial charge in [-0.1, -0.05) is 72.8 Å². The Labute approximate surface area is 241 Å². The molecule has 198 valence electrons. The molecule has 4 heterocycles. The predicted molar refractivity (Wildman–Crippen MR) is 164 cm³/mol. The smallest absolute Gasteiger partial charge is 0.227 e. The van der Waals surface area contributed by atoms with Gasteiger partial charge in [-0.3, -0.25) is 9.97 Å². The second kappa shape index (κ2) is 9.94. The summed E-state index contributed by atoms with van der Waals surface area (Å²) in [7, 11) is 0. The molecule has 0 radical (unpaired) electrons. The fraction of sp³-hybridized carbons (Fsp3) is 0. The summed E-state index contributed by atoms with van der Waals surface area (Å²) < 4.78 is 11.0. The lowest BCUT2D eigenvalue weighted by atomic mass is 9.88. The second-order valence-corrected chi connectivity index (χ2v) is 10.0. The van der Waals surface area contributed by atoms with Crippen LogP contribution in [0.2, 0.25) is 0 Å².